The topological polar surface area (TPSA) is 81.9 Å². The van der Waals surface area contributed by atoms with Gasteiger partial charge in [0.1, 0.15) is 12.1 Å². The van der Waals surface area contributed by atoms with E-state index in [9.17, 15) is 13.6 Å². The number of thioether (sulfide) groups is 1. The molecular formula is C24H21F2N5O2S. The van der Waals surface area contributed by atoms with Crippen molar-refractivity contribution in [2.24, 2.45) is 0 Å². The lowest BCUT2D eigenvalue weighted by atomic mass is 10.2. The Kier molecular flexibility index (Phi) is 6.87. The third-order valence-corrected chi connectivity index (χ3v) is 5.97. The lowest BCUT2D eigenvalue weighted by Crippen LogP contribution is -2.13. The van der Waals surface area contributed by atoms with Gasteiger partial charge in [-0.05, 0) is 62.7 Å². The third-order valence-electron chi connectivity index (χ3n) is 5.18. The smallest absolute Gasteiger partial charge is 0.288 e. The Balaban J connectivity index is 1.46. The minimum Gasteiger partial charge on any atom is -0.439 e. The number of aryl methyl sites for hydroxylation is 1. The van der Waals surface area contributed by atoms with Gasteiger partial charge in [-0.3, -0.25) is 4.79 Å². The molecule has 0 aliphatic heterocycles. The zero-order chi connectivity index (χ0) is 24.2. The van der Waals surface area contributed by atoms with Crippen LogP contribution in [0.5, 0.6) is 11.6 Å². The number of amides is 1. The summed E-state index contributed by atoms with van der Waals surface area (Å²) in [7, 11) is 0. The second kappa shape index (κ2) is 10.0. The van der Waals surface area contributed by atoms with Crippen molar-refractivity contribution in [2.45, 2.75) is 31.4 Å². The van der Waals surface area contributed by atoms with Crippen molar-refractivity contribution in [3.05, 3.63) is 83.4 Å². The van der Waals surface area contributed by atoms with Crippen LogP contribution in [0.1, 0.15) is 27.3 Å². The Bertz CT molecular complexity index is 1330. The number of benzene rings is 2. The number of hydrogen-bond acceptors (Lipinski definition) is 6. The van der Waals surface area contributed by atoms with E-state index in [4.69, 9.17) is 4.74 Å². The molecule has 34 heavy (non-hydrogen) atoms. The molecule has 4 rings (SSSR count). The van der Waals surface area contributed by atoms with Gasteiger partial charge in [-0.15, -0.1) is 0 Å². The predicted molar refractivity (Wildman–Crippen MR) is 126 cm³/mol. The molecule has 1 amide bonds. The monoisotopic (exact) mass is 481 g/mol. The second-order valence-electron chi connectivity index (χ2n) is 7.38. The van der Waals surface area contributed by atoms with Crippen LogP contribution >= 0.6 is 11.8 Å². The fraction of sp³-hybridized carbons (Fsp3) is 0.167. The van der Waals surface area contributed by atoms with Crippen LogP contribution < -0.4 is 10.1 Å². The van der Waals surface area contributed by atoms with Crippen LogP contribution in [-0.4, -0.2) is 31.4 Å². The molecule has 0 aliphatic carbocycles. The molecule has 0 atom stereocenters. The van der Waals surface area contributed by atoms with Crippen molar-refractivity contribution >= 4 is 23.4 Å². The highest BCUT2D eigenvalue weighted by atomic mass is 32.2. The number of carbonyl (C=O) groups is 1. The van der Waals surface area contributed by atoms with E-state index in [-0.39, 0.29) is 10.5 Å². The molecule has 0 aliphatic rings. The van der Waals surface area contributed by atoms with Gasteiger partial charge in [0.15, 0.2) is 5.82 Å². The zero-order valence-electron chi connectivity index (χ0n) is 18.6. The van der Waals surface area contributed by atoms with Crippen molar-refractivity contribution in [1.82, 2.24) is 19.7 Å². The first-order chi connectivity index (χ1) is 16.3. The van der Waals surface area contributed by atoms with Crippen molar-refractivity contribution in [3.8, 4) is 17.4 Å². The number of alkyl halides is 2. The Morgan fingerprint density at radius 3 is 2.47 bits per heavy atom. The molecule has 0 fully saturated rings. The van der Waals surface area contributed by atoms with Crippen molar-refractivity contribution in [2.75, 3.05) is 5.32 Å². The van der Waals surface area contributed by atoms with E-state index >= 15 is 0 Å². The van der Waals surface area contributed by atoms with Gasteiger partial charge in [0.05, 0.1) is 11.3 Å². The number of nitrogens with zero attached hydrogens (tertiary/aromatic N) is 4. The van der Waals surface area contributed by atoms with E-state index in [0.717, 1.165) is 17.0 Å². The number of nitrogens with one attached hydrogen (secondary N) is 1. The van der Waals surface area contributed by atoms with Crippen LogP contribution in [-0.2, 0) is 0 Å². The van der Waals surface area contributed by atoms with E-state index in [1.165, 1.54) is 18.5 Å². The van der Waals surface area contributed by atoms with Gasteiger partial charge in [-0.25, -0.2) is 14.6 Å². The summed E-state index contributed by atoms with van der Waals surface area (Å²) in [6.45, 7) is 5.91. The molecule has 0 saturated heterocycles. The van der Waals surface area contributed by atoms with Gasteiger partial charge < -0.3 is 10.1 Å². The van der Waals surface area contributed by atoms with Crippen LogP contribution in [0.3, 0.4) is 0 Å². The summed E-state index contributed by atoms with van der Waals surface area (Å²) >= 11 is 0.338. The molecule has 0 unspecified atom stereocenters. The molecule has 4 aromatic rings. The van der Waals surface area contributed by atoms with E-state index in [2.05, 4.69) is 20.4 Å². The second-order valence-corrected chi connectivity index (χ2v) is 8.41. The summed E-state index contributed by atoms with van der Waals surface area (Å²) in [6.07, 6.45) is 1.40. The number of aromatic nitrogens is 4. The molecule has 2 heterocycles. The van der Waals surface area contributed by atoms with Gasteiger partial charge >= 0.3 is 0 Å². The maximum atomic E-state index is 12.8. The lowest BCUT2D eigenvalue weighted by Gasteiger charge is -2.11. The Morgan fingerprint density at radius 2 is 1.79 bits per heavy atom. The Labute approximate surface area is 199 Å². The van der Waals surface area contributed by atoms with Gasteiger partial charge in [-0.1, -0.05) is 23.9 Å². The summed E-state index contributed by atoms with van der Waals surface area (Å²) in [4.78, 5) is 21.2. The van der Waals surface area contributed by atoms with Gasteiger partial charge in [-0.2, -0.15) is 13.9 Å². The fourth-order valence-electron chi connectivity index (χ4n) is 3.22. The first-order valence-corrected chi connectivity index (χ1v) is 11.2. The molecule has 0 saturated carbocycles. The average Bonchev–Trinajstić information content (AvgIpc) is 3.08. The van der Waals surface area contributed by atoms with Gasteiger partial charge in [0.2, 0.25) is 5.88 Å². The van der Waals surface area contributed by atoms with Crippen LogP contribution in [0.4, 0.5) is 14.5 Å². The number of ether oxygens (including phenoxy) is 1. The SMILES string of the molecule is Cc1nn(-c2cc(Oc3ccc(NC(=O)c4ccccc4SC(F)F)cc3)ncn2)c(C)c1C. The van der Waals surface area contributed by atoms with E-state index in [0.29, 0.717) is 34.9 Å². The summed E-state index contributed by atoms with van der Waals surface area (Å²) in [6, 6.07) is 14.6. The van der Waals surface area contributed by atoms with Crippen molar-refractivity contribution in [1.29, 1.82) is 0 Å². The first kappa shape index (κ1) is 23.4. The van der Waals surface area contributed by atoms with E-state index < -0.39 is 11.7 Å². The van der Waals surface area contributed by atoms with Crippen molar-refractivity contribution < 1.29 is 18.3 Å². The molecule has 0 bridgehead atoms. The molecule has 10 heteroatoms. The highest BCUT2D eigenvalue weighted by Crippen LogP contribution is 2.29. The van der Waals surface area contributed by atoms with Crippen LogP contribution in [0.15, 0.2) is 65.8 Å². The highest BCUT2D eigenvalue weighted by molar-refractivity contribution is 7.99. The van der Waals surface area contributed by atoms with E-state index in [1.807, 2.05) is 20.8 Å². The number of hydrogen-bond donors (Lipinski definition) is 1. The summed E-state index contributed by atoms with van der Waals surface area (Å²) < 4.78 is 33.1. The summed E-state index contributed by atoms with van der Waals surface area (Å²) in [5, 5.41) is 7.22. The molecule has 2 aromatic carbocycles. The molecule has 174 valence electrons. The number of carbonyl (C=O) groups excluding carboxylic acids is 1. The standard InChI is InChI=1S/C24H21F2N5O2S/c1-14-15(2)30-31(16(14)3)21-12-22(28-13-27-21)33-18-10-8-17(9-11-18)29-23(32)19-6-4-5-7-20(19)34-24(25)26/h4-13,24H,1-3H3,(H,29,32). The normalized spacial score (nSPS) is 11.0. The quantitative estimate of drug-likeness (QED) is 0.329. The predicted octanol–water partition coefficient (Wildman–Crippen LogP) is 5.95. The number of halogens is 2. The average molecular weight is 482 g/mol. The third kappa shape index (κ3) is 5.23. The van der Waals surface area contributed by atoms with Gasteiger partial charge in [0.25, 0.3) is 11.7 Å². The maximum Gasteiger partial charge on any atom is 0.288 e. The summed E-state index contributed by atoms with van der Waals surface area (Å²) in [5.74, 6) is -1.66. The number of anilines is 1. The Hall–Kier alpha value is -3.79. The summed E-state index contributed by atoms with van der Waals surface area (Å²) in [5.41, 5.74) is 3.67. The van der Waals surface area contributed by atoms with Crippen LogP contribution in [0.25, 0.3) is 5.82 Å². The largest absolute Gasteiger partial charge is 0.439 e. The molecule has 2 aromatic heterocycles. The molecule has 7 nitrogen and oxygen atoms in total. The van der Waals surface area contributed by atoms with Gasteiger partial charge in [0, 0.05) is 22.3 Å². The Morgan fingerprint density at radius 1 is 1.06 bits per heavy atom. The van der Waals surface area contributed by atoms with Crippen LogP contribution in [0.2, 0.25) is 0 Å². The molecule has 0 radical (unpaired) electrons. The molecule has 1 N–H and O–H groups in total. The minimum absolute atomic E-state index is 0.182. The zero-order valence-corrected chi connectivity index (χ0v) is 19.4. The van der Waals surface area contributed by atoms with Crippen molar-refractivity contribution in [3.63, 3.8) is 0 Å². The van der Waals surface area contributed by atoms with Crippen LogP contribution in [0, 0.1) is 20.8 Å². The highest BCUT2D eigenvalue weighted by Gasteiger charge is 2.16. The maximum absolute atomic E-state index is 12.8. The minimum atomic E-state index is -2.61. The molecule has 0 spiro atoms. The van der Waals surface area contributed by atoms with E-state index in [1.54, 1.807) is 47.1 Å². The fourth-order valence-corrected chi connectivity index (χ4v) is 3.86. The first-order valence-electron chi connectivity index (χ1n) is 10.3. The number of rotatable bonds is 7. The lowest BCUT2D eigenvalue weighted by molar-refractivity contribution is 0.102. The molecular weight excluding hydrogens is 460 g/mol.